The third-order valence-corrected chi connectivity index (χ3v) is 3.90. The van der Waals surface area contributed by atoms with Crippen molar-refractivity contribution < 1.29 is 0 Å². The maximum Gasteiger partial charge on any atom is 0.0294 e. The Hall–Kier alpha value is -0.820. The first-order valence-electron chi connectivity index (χ1n) is 7.58. The first-order chi connectivity index (χ1) is 8.77. The van der Waals surface area contributed by atoms with Crippen LogP contribution in [0.2, 0.25) is 0 Å². The van der Waals surface area contributed by atoms with Crippen molar-refractivity contribution in [3.05, 3.63) is 35.9 Å². The highest BCUT2D eigenvalue weighted by atomic mass is 14.6. The Bertz CT molecular complexity index is 294. The van der Waals surface area contributed by atoms with Crippen molar-refractivity contribution in [1.82, 2.24) is 0 Å². The van der Waals surface area contributed by atoms with Gasteiger partial charge in [-0.25, -0.2) is 0 Å². The number of rotatable bonds is 9. The van der Waals surface area contributed by atoms with Crippen molar-refractivity contribution in [2.24, 2.45) is 11.7 Å². The van der Waals surface area contributed by atoms with Gasteiger partial charge in [-0.05, 0) is 17.9 Å². The van der Waals surface area contributed by atoms with Gasteiger partial charge in [0.25, 0.3) is 0 Å². The molecule has 0 heterocycles. The van der Waals surface area contributed by atoms with E-state index >= 15 is 0 Å². The third kappa shape index (κ3) is 5.68. The molecule has 1 aromatic carbocycles. The van der Waals surface area contributed by atoms with Gasteiger partial charge in [0.1, 0.15) is 0 Å². The van der Waals surface area contributed by atoms with Gasteiger partial charge in [-0.2, -0.15) is 0 Å². The van der Waals surface area contributed by atoms with E-state index in [1.54, 1.807) is 0 Å². The number of hydrogen-bond acceptors (Lipinski definition) is 1. The minimum atomic E-state index is 0.217. The maximum atomic E-state index is 6.22. The Morgan fingerprint density at radius 1 is 0.944 bits per heavy atom. The standard InChI is InChI=1S/C17H29N/c1-3-5-10-15(4-2)11-9-14-17(18)16-12-7-6-8-13-16/h6-8,12-13,15,17H,3-5,9-11,14,18H2,1-2H3. The molecule has 0 aromatic heterocycles. The molecule has 0 aliphatic rings. The number of nitrogens with two attached hydrogens (primary N) is 1. The van der Waals surface area contributed by atoms with E-state index in [0.29, 0.717) is 0 Å². The summed E-state index contributed by atoms with van der Waals surface area (Å²) in [6.07, 6.45) is 9.14. The Balaban J connectivity index is 2.24. The van der Waals surface area contributed by atoms with E-state index in [2.05, 4.69) is 38.1 Å². The fourth-order valence-electron chi connectivity index (χ4n) is 2.54. The second-order valence-corrected chi connectivity index (χ2v) is 5.36. The van der Waals surface area contributed by atoms with E-state index in [0.717, 1.165) is 12.3 Å². The van der Waals surface area contributed by atoms with Crippen LogP contribution in [0.5, 0.6) is 0 Å². The molecule has 2 N–H and O–H groups in total. The summed E-state index contributed by atoms with van der Waals surface area (Å²) in [6, 6.07) is 10.7. The van der Waals surface area contributed by atoms with Crippen LogP contribution >= 0.6 is 0 Å². The summed E-state index contributed by atoms with van der Waals surface area (Å²) in [6.45, 7) is 4.59. The van der Waals surface area contributed by atoms with Gasteiger partial charge >= 0.3 is 0 Å². The van der Waals surface area contributed by atoms with Gasteiger partial charge in [-0.1, -0.05) is 82.7 Å². The molecule has 0 radical (unpaired) electrons. The van der Waals surface area contributed by atoms with Crippen molar-refractivity contribution in [2.45, 2.75) is 64.8 Å². The number of benzene rings is 1. The summed E-state index contributed by atoms with van der Waals surface area (Å²) in [7, 11) is 0. The fourth-order valence-corrected chi connectivity index (χ4v) is 2.54. The molecular formula is C17H29N. The van der Waals surface area contributed by atoms with Crippen LogP contribution in [0.15, 0.2) is 30.3 Å². The molecule has 0 saturated carbocycles. The van der Waals surface area contributed by atoms with Crippen LogP contribution in [-0.2, 0) is 0 Å². The quantitative estimate of drug-likeness (QED) is 0.647. The van der Waals surface area contributed by atoms with Crippen molar-refractivity contribution in [3.63, 3.8) is 0 Å². The molecule has 1 heteroatoms. The van der Waals surface area contributed by atoms with Crippen LogP contribution in [0.1, 0.15) is 70.4 Å². The second-order valence-electron chi connectivity index (χ2n) is 5.36. The highest BCUT2D eigenvalue weighted by molar-refractivity contribution is 5.18. The Kier molecular flexibility index (Phi) is 7.75. The monoisotopic (exact) mass is 247 g/mol. The fraction of sp³-hybridized carbons (Fsp3) is 0.647. The van der Waals surface area contributed by atoms with Gasteiger partial charge < -0.3 is 5.73 Å². The topological polar surface area (TPSA) is 26.0 Å². The average Bonchev–Trinajstić information content (AvgIpc) is 2.43. The van der Waals surface area contributed by atoms with E-state index in [-0.39, 0.29) is 6.04 Å². The summed E-state index contributed by atoms with van der Waals surface area (Å²) in [4.78, 5) is 0. The summed E-state index contributed by atoms with van der Waals surface area (Å²) in [5, 5.41) is 0. The van der Waals surface area contributed by atoms with Crippen molar-refractivity contribution >= 4 is 0 Å². The molecule has 18 heavy (non-hydrogen) atoms. The zero-order chi connectivity index (χ0) is 13.2. The molecule has 0 saturated heterocycles. The van der Waals surface area contributed by atoms with Gasteiger partial charge in [-0.15, -0.1) is 0 Å². The van der Waals surface area contributed by atoms with Crippen LogP contribution in [0, 0.1) is 5.92 Å². The van der Waals surface area contributed by atoms with Gasteiger partial charge in [-0.3, -0.25) is 0 Å². The smallest absolute Gasteiger partial charge is 0.0294 e. The first kappa shape index (κ1) is 15.2. The van der Waals surface area contributed by atoms with Crippen LogP contribution in [-0.4, -0.2) is 0 Å². The molecular weight excluding hydrogens is 218 g/mol. The third-order valence-electron chi connectivity index (χ3n) is 3.90. The van der Waals surface area contributed by atoms with Gasteiger partial charge in [0.05, 0.1) is 0 Å². The van der Waals surface area contributed by atoms with Crippen LogP contribution in [0.3, 0.4) is 0 Å². The molecule has 0 fully saturated rings. The van der Waals surface area contributed by atoms with E-state index in [1.165, 1.54) is 44.1 Å². The molecule has 0 aliphatic carbocycles. The summed E-state index contributed by atoms with van der Waals surface area (Å²) < 4.78 is 0. The predicted octanol–water partition coefficient (Wildman–Crippen LogP) is 5.07. The number of unbranched alkanes of at least 4 members (excludes halogenated alkanes) is 1. The van der Waals surface area contributed by atoms with Crippen molar-refractivity contribution in [1.29, 1.82) is 0 Å². The Labute approximate surface area is 113 Å². The first-order valence-corrected chi connectivity index (χ1v) is 7.58. The Morgan fingerprint density at radius 2 is 1.61 bits per heavy atom. The second kappa shape index (κ2) is 9.16. The van der Waals surface area contributed by atoms with Gasteiger partial charge in [0.15, 0.2) is 0 Å². The molecule has 0 bridgehead atoms. The van der Waals surface area contributed by atoms with E-state index in [9.17, 15) is 0 Å². The molecule has 0 aliphatic heterocycles. The predicted molar refractivity (Wildman–Crippen MR) is 80.5 cm³/mol. The zero-order valence-electron chi connectivity index (χ0n) is 12.1. The molecule has 1 rings (SSSR count). The molecule has 0 amide bonds. The van der Waals surface area contributed by atoms with Crippen molar-refractivity contribution in [2.75, 3.05) is 0 Å². The van der Waals surface area contributed by atoms with Crippen LogP contribution < -0.4 is 5.73 Å². The minimum Gasteiger partial charge on any atom is -0.324 e. The highest BCUT2D eigenvalue weighted by Gasteiger charge is 2.09. The summed E-state index contributed by atoms with van der Waals surface area (Å²) in [5.74, 6) is 0.910. The van der Waals surface area contributed by atoms with Crippen LogP contribution in [0.25, 0.3) is 0 Å². The average molecular weight is 247 g/mol. The normalized spacial score (nSPS) is 14.4. The molecule has 1 nitrogen and oxygen atoms in total. The molecule has 2 unspecified atom stereocenters. The highest BCUT2D eigenvalue weighted by Crippen LogP contribution is 2.22. The van der Waals surface area contributed by atoms with Crippen molar-refractivity contribution in [3.8, 4) is 0 Å². The molecule has 0 spiro atoms. The zero-order valence-corrected chi connectivity index (χ0v) is 12.1. The molecule has 102 valence electrons. The summed E-state index contributed by atoms with van der Waals surface area (Å²) >= 11 is 0. The van der Waals surface area contributed by atoms with Crippen LogP contribution in [0.4, 0.5) is 0 Å². The number of hydrogen-bond donors (Lipinski definition) is 1. The lowest BCUT2D eigenvalue weighted by atomic mass is 9.92. The lowest BCUT2D eigenvalue weighted by molar-refractivity contribution is 0.396. The SMILES string of the molecule is CCCCC(CC)CCCC(N)c1ccccc1. The van der Waals surface area contributed by atoms with Gasteiger partial charge in [0.2, 0.25) is 0 Å². The van der Waals surface area contributed by atoms with E-state index in [4.69, 9.17) is 5.73 Å². The maximum absolute atomic E-state index is 6.22. The largest absolute Gasteiger partial charge is 0.324 e. The lowest BCUT2D eigenvalue weighted by Crippen LogP contribution is -2.10. The van der Waals surface area contributed by atoms with E-state index in [1.807, 2.05) is 6.07 Å². The van der Waals surface area contributed by atoms with E-state index < -0.39 is 0 Å². The minimum absolute atomic E-state index is 0.217. The molecule has 1 aromatic rings. The summed E-state index contributed by atoms with van der Waals surface area (Å²) in [5.41, 5.74) is 7.50. The Morgan fingerprint density at radius 3 is 2.22 bits per heavy atom. The molecule has 2 atom stereocenters. The van der Waals surface area contributed by atoms with Gasteiger partial charge in [0, 0.05) is 6.04 Å². The lowest BCUT2D eigenvalue weighted by Gasteiger charge is -2.16.